The molecule has 0 bridgehead atoms. The Morgan fingerprint density at radius 3 is 0.958 bits per heavy atom. The van der Waals surface area contributed by atoms with Gasteiger partial charge in [-0.25, -0.2) is 0 Å². The van der Waals surface area contributed by atoms with Gasteiger partial charge in [0.15, 0.2) is 0 Å². The molecule has 0 aliphatic carbocycles. The number of halogens is 2. The summed E-state index contributed by atoms with van der Waals surface area (Å²) in [6, 6.07) is 64.7. The summed E-state index contributed by atoms with van der Waals surface area (Å²) in [4.78, 5) is 4.67. The molecule has 8 aromatic carbocycles. The van der Waals surface area contributed by atoms with Crippen molar-refractivity contribution in [3.8, 4) is 11.1 Å². The SMILES string of the molecule is Brc1ccc(N(c2ccccc2)c2ccc(-c3ccc(N(c4ccccc4)c4ccc(Br)c5ccccc45)cc3)cc2)c2ccccc12. The smallest absolute Gasteiger partial charge is 0.0540 e. The van der Waals surface area contributed by atoms with Gasteiger partial charge >= 0.3 is 0 Å². The van der Waals surface area contributed by atoms with Crippen LogP contribution < -0.4 is 9.80 Å². The van der Waals surface area contributed by atoms with Gasteiger partial charge in [0, 0.05) is 42.5 Å². The Kier molecular flexibility index (Phi) is 8.27. The zero-order valence-electron chi connectivity index (χ0n) is 26.0. The van der Waals surface area contributed by atoms with Crippen LogP contribution >= 0.6 is 31.9 Å². The van der Waals surface area contributed by atoms with Crippen LogP contribution in [-0.4, -0.2) is 0 Å². The summed E-state index contributed by atoms with van der Waals surface area (Å²) in [5, 5.41) is 4.76. The molecule has 230 valence electrons. The summed E-state index contributed by atoms with van der Waals surface area (Å²) < 4.78 is 2.18. The van der Waals surface area contributed by atoms with Gasteiger partial charge in [0.25, 0.3) is 0 Å². The van der Waals surface area contributed by atoms with Gasteiger partial charge in [-0.3, -0.25) is 0 Å². The summed E-state index contributed by atoms with van der Waals surface area (Å²) in [6.07, 6.45) is 0. The van der Waals surface area contributed by atoms with Crippen molar-refractivity contribution in [3.63, 3.8) is 0 Å². The van der Waals surface area contributed by atoms with Crippen molar-refractivity contribution in [1.82, 2.24) is 0 Å². The largest absolute Gasteiger partial charge is 0.310 e. The molecule has 0 N–H and O–H groups in total. The zero-order valence-corrected chi connectivity index (χ0v) is 29.1. The summed E-state index contributed by atoms with van der Waals surface area (Å²) in [6.45, 7) is 0. The molecule has 0 atom stereocenters. The summed E-state index contributed by atoms with van der Waals surface area (Å²) in [5.74, 6) is 0. The zero-order chi connectivity index (χ0) is 32.5. The molecule has 0 aliphatic rings. The molecular formula is C44H30Br2N2. The summed E-state index contributed by atoms with van der Waals surface area (Å²) >= 11 is 7.52. The van der Waals surface area contributed by atoms with E-state index in [2.05, 4.69) is 224 Å². The van der Waals surface area contributed by atoms with Crippen molar-refractivity contribution < 1.29 is 0 Å². The minimum atomic E-state index is 1.09. The van der Waals surface area contributed by atoms with E-state index in [1.54, 1.807) is 0 Å². The number of fused-ring (bicyclic) bond motifs is 2. The topological polar surface area (TPSA) is 6.48 Å². The van der Waals surface area contributed by atoms with E-state index in [-0.39, 0.29) is 0 Å². The third-order valence-corrected chi connectivity index (χ3v) is 10.2. The standard InChI is InChI=1S/C44H30Br2N2/c45-41-27-29-43(39-17-9-7-15-37(39)41)47(33-11-3-1-4-12-33)35-23-19-31(20-24-35)32-21-25-36(26-22-32)48(34-13-5-2-6-14-34)44-30-28-42(46)38-16-8-10-18-40(38)44/h1-30H. The highest BCUT2D eigenvalue weighted by atomic mass is 79.9. The Balaban J connectivity index is 1.17. The van der Waals surface area contributed by atoms with Crippen LogP contribution in [0, 0.1) is 0 Å². The molecule has 8 rings (SSSR count). The van der Waals surface area contributed by atoms with Crippen LogP contribution in [0.15, 0.2) is 191 Å². The van der Waals surface area contributed by atoms with E-state index in [0.29, 0.717) is 0 Å². The van der Waals surface area contributed by atoms with Gasteiger partial charge in [-0.2, -0.15) is 0 Å². The number of rotatable bonds is 7. The Hall–Kier alpha value is -5.16. The minimum Gasteiger partial charge on any atom is -0.310 e. The maximum Gasteiger partial charge on any atom is 0.0540 e. The lowest BCUT2D eigenvalue weighted by Crippen LogP contribution is -2.10. The maximum atomic E-state index is 3.76. The molecule has 0 saturated heterocycles. The Bertz CT molecular complexity index is 2180. The van der Waals surface area contributed by atoms with Crippen molar-refractivity contribution in [2.24, 2.45) is 0 Å². The molecule has 0 radical (unpaired) electrons. The van der Waals surface area contributed by atoms with Gasteiger partial charge in [0.05, 0.1) is 11.4 Å². The van der Waals surface area contributed by atoms with Gasteiger partial charge in [-0.15, -0.1) is 0 Å². The van der Waals surface area contributed by atoms with Gasteiger partial charge in [0.2, 0.25) is 0 Å². The van der Waals surface area contributed by atoms with Crippen molar-refractivity contribution in [1.29, 1.82) is 0 Å². The molecule has 0 saturated carbocycles. The van der Waals surface area contributed by atoms with E-state index in [9.17, 15) is 0 Å². The van der Waals surface area contributed by atoms with E-state index in [4.69, 9.17) is 0 Å². The van der Waals surface area contributed by atoms with Crippen molar-refractivity contribution in [2.75, 3.05) is 9.80 Å². The van der Waals surface area contributed by atoms with Crippen LogP contribution in [-0.2, 0) is 0 Å². The van der Waals surface area contributed by atoms with E-state index >= 15 is 0 Å². The molecule has 0 spiro atoms. The number of benzene rings is 8. The molecule has 0 aromatic heterocycles. The van der Waals surface area contributed by atoms with E-state index in [1.807, 2.05) is 0 Å². The van der Waals surface area contributed by atoms with Gasteiger partial charge in [-0.05, 0) is 94.7 Å². The van der Waals surface area contributed by atoms with Crippen molar-refractivity contribution >= 4 is 87.5 Å². The summed E-state index contributed by atoms with van der Waals surface area (Å²) in [7, 11) is 0. The van der Waals surface area contributed by atoms with Crippen molar-refractivity contribution in [3.05, 3.63) is 191 Å². The molecule has 0 unspecified atom stereocenters. The van der Waals surface area contributed by atoms with Crippen molar-refractivity contribution in [2.45, 2.75) is 0 Å². The molecule has 4 heteroatoms. The second-order valence-corrected chi connectivity index (χ2v) is 13.4. The highest BCUT2D eigenvalue weighted by Gasteiger charge is 2.18. The minimum absolute atomic E-state index is 1.09. The number of para-hydroxylation sites is 2. The molecule has 8 aromatic rings. The van der Waals surface area contributed by atoms with Crippen LogP contribution in [0.2, 0.25) is 0 Å². The molecule has 0 fully saturated rings. The first kappa shape index (κ1) is 30.2. The Morgan fingerprint density at radius 2 is 0.583 bits per heavy atom. The molecule has 0 aliphatic heterocycles. The lowest BCUT2D eigenvalue weighted by Gasteiger charge is -2.27. The highest BCUT2D eigenvalue weighted by molar-refractivity contribution is 9.11. The van der Waals surface area contributed by atoms with Gasteiger partial charge in [-0.1, -0.05) is 141 Å². The number of anilines is 6. The average Bonchev–Trinajstić information content (AvgIpc) is 3.15. The average molecular weight is 747 g/mol. The molecule has 48 heavy (non-hydrogen) atoms. The molecule has 0 heterocycles. The van der Waals surface area contributed by atoms with Crippen LogP contribution in [0.3, 0.4) is 0 Å². The third-order valence-electron chi connectivity index (χ3n) is 8.79. The quantitative estimate of drug-likeness (QED) is 0.160. The maximum absolute atomic E-state index is 3.76. The monoisotopic (exact) mass is 744 g/mol. The van der Waals surface area contributed by atoms with Crippen LogP contribution in [0.4, 0.5) is 34.1 Å². The second kappa shape index (κ2) is 13.2. The summed E-state index contributed by atoms with van der Waals surface area (Å²) in [5.41, 5.74) is 9.04. The fraction of sp³-hybridized carbons (Fsp3) is 0. The third kappa shape index (κ3) is 5.68. The first-order valence-corrected chi connectivity index (χ1v) is 17.5. The number of nitrogens with zero attached hydrogens (tertiary/aromatic N) is 2. The van der Waals surface area contributed by atoms with Crippen LogP contribution in [0.5, 0.6) is 0 Å². The molecule has 2 nitrogen and oxygen atoms in total. The number of hydrogen-bond acceptors (Lipinski definition) is 2. The number of hydrogen-bond donors (Lipinski definition) is 0. The second-order valence-electron chi connectivity index (χ2n) is 11.7. The molecular weight excluding hydrogens is 716 g/mol. The van der Waals surface area contributed by atoms with Gasteiger partial charge < -0.3 is 9.80 Å². The van der Waals surface area contributed by atoms with Crippen LogP contribution in [0.1, 0.15) is 0 Å². The Labute approximate surface area is 297 Å². The van der Waals surface area contributed by atoms with E-state index in [1.165, 1.54) is 32.7 Å². The first-order chi connectivity index (χ1) is 23.7. The fourth-order valence-corrected chi connectivity index (χ4v) is 7.45. The Morgan fingerprint density at radius 1 is 0.271 bits per heavy atom. The van der Waals surface area contributed by atoms with Crippen LogP contribution in [0.25, 0.3) is 32.7 Å². The van der Waals surface area contributed by atoms with E-state index in [0.717, 1.165) is 43.1 Å². The predicted molar refractivity (Wildman–Crippen MR) is 212 cm³/mol. The predicted octanol–water partition coefficient (Wildman–Crippen LogP) is 14.1. The lowest BCUT2D eigenvalue weighted by atomic mass is 10.0. The first-order valence-electron chi connectivity index (χ1n) is 15.9. The van der Waals surface area contributed by atoms with Gasteiger partial charge in [0.1, 0.15) is 0 Å². The lowest BCUT2D eigenvalue weighted by molar-refractivity contribution is 1.29. The van der Waals surface area contributed by atoms with E-state index < -0.39 is 0 Å². The normalized spacial score (nSPS) is 11.1. The fourth-order valence-electron chi connectivity index (χ4n) is 6.50. The highest BCUT2D eigenvalue weighted by Crippen LogP contribution is 2.43. The molecule has 0 amide bonds.